The molecule has 0 saturated carbocycles. The van der Waals surface area contributed by atoms with E-state index in [2.05, 4.69) is 55.6 Å². The first-order chi connectivity index (χ1) is 9.15. The van der Waals surface area contributed by atoms with Crippen molar-refractivity contribution in [2.24, 2.45) is 0 Å². The zero-order chi connectivity index (χ0) is 13.7. The zero-order valence-corrected chi connectivity index (χ0v) is 12.2. The van der Waals surface area contributed by atoms with Crippen molar-refractivity contribution in [1.82, 2.24) is 5.32 Å². The van der Waals surface area contributed by atoms with Crippen molar-refractivity contribution in [2.45, 2.75) is 32.4 Å². The fourth-order valence-electron chi connectivity index (χ4n) is 2.33. The van der Waals surface area contributed by atoms with Gasteiger partial charge in [0.2, 0.25) is 0 Å². The molecule has 0 amide bonds. The van der Waals surface area contributed by atoms with E-state index < -0.39 is 0 Å². The molecule has 0 radical (unpaired) electrons. The Bertz CT molecular complexity index is 510. The number of hydrogen-bond acceptors (Lipinski definition) is 1. The molecule has 2 atom stereocenters. The first-order valence-electron chi connectivity index (χ1n) is 6.70. The lowest BCUT2D eigenvalue weighted by Crippen LogP contribution is -2.30. The molecule has 2 heteroatoms. The summed E-state index contributed by atoms with van der Waals surface area (Å²) in [5.74, 6) is 0. The lowest BCUT2D eigenvalue weighted by atomic mass is 10.0. The Kier molecular flexibility index (Phi) is 5.00. The number of nitrogens with one attached hydrogen (secondary N) is 1. The van der Waals surface area contributed by atoms with Crippen LogP contribution in [-0.4, -0.2) is 6.04 Å². The van der Waals surface area contributed by atoms with Crippen LogP contribution in [0.5, 0.6) is 0 Å². The fourth-order valence-corrected chi connectivity index (χ4v) is 2.52. The second-order valence-electron chi connectivity index (χ2n) is 5.03. The first-order valence-corrected chi connectivity index (χ1v) is 7.08. The van der Waals surface area contributed by atoms with Gasteiger partial charge in [-0.15, -0.1) is 0 Å². The van der Waals surface area contributed by atoms with E-state index in [0.717, 1.165) is 11.4 Å². The molecule has 1 N–H and O–H groups in total. The second-order valence-corrected chi connectivity index (χ2v) is 5.47. The topological polar surface area (TPSA) is 12.0 Å². The van der Waals surface area contributed by atoms with Crippen LogP contribution in [0.25, 0.3) is 0 Å². The fraction of sp³-hybridized carbons (Fsp3) is 0.294. The maximum absolute atomic E-state index is 6.03. The van der Waals surface area contributed by atoms with E-state index in [-0.39, 0.29) is 0 Å². The van der Waals surface area contributed by atoms with E-state index >= 15 is 0 Å². The van der Waals surface area contributed by atoms with Crippen molar-refractivity contribution >= 4 is 11.6 Å². The van der Waals surface area contributed by atoms with E-state index in [0.29, 0.717) is 12.1 Å². The molecule has 0 heterocycles. The minimum atomic E-state index is 0.303. The zero-order valence-electron chi connectivity index (χ0n) is 11.4. The third-order valence-electron chi connectivity index (χ3n) is 3.27. The minimum Gasteiger partial charge on any atom is -0.307 e. The summed E-state index contributed by atoms with van der Waals surface area (Å²) in [4.78, 5) is 0. The van der Waals surface area contributed by atoms with E-state index in [9.17, 15) is 0 Å². The van der Waals surface area contributed by atoms with Gasteiger partial charge >= 0.3 is 0 Å². The number of rotatable bonds is 5. The molecule has 1 nitrogen and oxygen atoms in total. The van der Waals surface area contributed by atoms with Gasteiger partial charge in [0.05, 0.1) is 0 Å². The maximum atomic E-state index is 6.03. The molecule has 2 unspecified atom stereocenters. The molecule has 0 saturated heterocycles. The summed E-state index contributed by atoms with van der Waals surface area (Å²) < 4.78 is 0. The molecule has 2 aromatic carbocycles. The normalized spacial score (nSPS) is 14.1. The highest BCUT2D eigenvalue weighted by Gasteiger charge is 2.10. The van der Waals surface area contributed by atoms with Crippen LogP contribution in [-0.2, 0) is 6.42 Å². The van der Waals surface area contributed by atoms with Crippen molar-refractivity contribution in [2.75, 3.05) is 0 Å². The maximum Gasteiger partial charge on any atom is 0.0409 e. The van der Waals surface area contributed by atoms with Gasteiger partial charge < -0.3 is 5.32 Å². The average Bonchev–Trinajstić information content (AvgIpc) is 2.39. The Morgan fingerprint density at radius 1 is 1.00 bits per heavy atom. The summed E-state index contributed by atoms with van der Waals surface area (Å²) in [5, 5.41) is 4.41. The van der Waals surface area contributed by atoms with Crippen LogP contribution in [0, 0.1) is 0 Å². The molecule has 0 aliphatic carbocycles. The molecule has 0 bridgehead atoms. The summed E-state index contributed by atoms with van der Waals surface area (Å²) in [6.07, 6.45) is 1.03. The van der Waals surface area contributed by atoms with Gasteiger partial charge in [-0.1, -0.05) is 54.1 Å². The summed E-state index contributed by atoms with van der Waals surface area (Å²) in [7, 11) is 0. The van der Waals surface area contributed by atoms with Crippen LogP contribution in [0.1, 0.15) is 31.0 Å². The van der Waals surface area contributed by atoms with Gasteiger partial charge in [0, 0.05) is 17.1 Å². The smallest absolute Gasteiger partial charge is 0.0409 e. The van der Waals surface area contributed by atoms with Crippen LogP contribution >= 0.6 is 11.6 Å². The standard InChI is InChI=1S/C17H20ClN/c1-13(11-15-7-4-3-5-8-15)19-14(2)16-9-6-10-17(18)12-16/h3-10,12-14,19H,11H2,1-2H3. The average molecular weight is 274 g/mol. The van der Waals surface area contributed by atoms with Gasteiger partial charge in [0.1, 0.15) is 0 Å². The molecule has 19 heavy (non-hydrogen) atoms. The predicted octanol–water partition coefficient (Wildman–Crippen LogP) is 4.62. The van der Waals surface area contributed by atoms with Crippen LogP contribution in [0.3, 0.4) is 0 Å². The molecule has 0 aromatic heterocycles. The number of halogens is 1. The molecule has 2 rings (SSSR count). The summed E-state index contributed by atoms with van der Waals surface area (Å²) >= 11 is 6.03. The van der Waals surface area contributed by atoms with Crippen LogP contribution < -0.4 is 5.32 Å². The first kappa shape index (κ1) is 14.1. The molecule has 100 valence electrons. The highest BCUT2D eigenvalue weighted by Crippen LogP contribution is 2.18. The van der Waals surface area contributed by atoms with Gasteiger partial charge in [-0.2, -0.15) is 0 Å². The van der Waals surface area contributed by atoms with Crippen molar-refractivity contribution < 1.29 is 0 Å². The molecule has 0 fully saturated rings. The van der Waals surface area contributed by atoms with Gasteiger partial charge in [-0.3, -0.25) is 0 Å². The Hall–Kier alpha value is -1.31. The SMILES string of the molecule is CC(Cc1ccccc1)NC(C)c1cccc(Cl)c1. The Morgan fingerprint density at radius 3 is 2.42 bits per heavy atom. The van der Waals surface area contributed by atoms with Crippen molar-refractivity contribution in [1.29, 1.82) is 0 Å². The number of hydrogen-bond donors (Lipinski definition) is 1. The Morgan fingerprint density at radius 2 is 1.74 bits per heavy atom. The monoisotopic (exact) mass is 273 g/mol. The number of benzene rings is 2. The molecule has 0 aliphatic rings. The van der Waals surface area contributed by atoms with E-state index in [1.807, 2.05) is 18.2 Å². The van der Waals surface area contributed by atoms with Gasteiger partial charge in [0.25, 0.3) is 0 Å². The van der Waals surface area contributed by atoms with Gasteiger partial charge in [0.15, 0.2) is 0 Å². The van der Waals surface area contributed by atoms with Gasteiger partial charge in [-0.05, 0) is 43.5 Å². The Labute approximate surface area is 120 Å². The van der Waals surface area contributed by atoms with E-state index in [4.69, 9.17) is 11.6 Å². The summed E-state index contributed by atoms with van der Waals surface area (Å²) in [5.41, 5.74) is 2.59. The lowest BCUT2D eigenvalue weighted by Gasteiger charge is -2.20. The third-order valence-corrected chi connectivity index (χ3v) is 3.50. The third kappa shape index (κ3) is 4.38. The van der Waals surface area contributed by atoms with Gasteiger partial charge in [-0.25, -0.2) is 0 Å². The molecular formula is C17H20ClN. The molecule has 0 spiro atoms. The van der Waals surface area contributed by atoms with E-state index in [1.165, 1.54) is 11.1 Å². The van der Waals surface area contributed by atoms with Crippen LogP contribution in [0.15, 0.2) is 54.6 Å². The second kappa shape index (κ2) is 6.74. The minimum absolute atomic E-state index is 0.303. The van der Waals surface area contributed by atoms with Crippen LogP contribution in [0.2, 0.25) is 5.02 Å². The Balaban J connectivity index is 1.93. The largest absolute Gasteiger partial charge is 0.307 e. The summed E-state index contributed by atoms with van der Waals surface area (Å²) in [6.45, 7) is 4.39. The highest BCUT2D eigenvalue weighted by atomic mass is 35.5. The lowest BCUT2D eigenvalue weighted by molar-refractivity contribution is 0.477. The molecular weight excluding hydrogens is 254 g/mol. The molecule has 0 aliphatic heterocycles. The van der Waals surface area contributed by atoms with Crippen LogP contribution in [0.4, 0.5) is 0 Å². The molecule has 2 aromatic rings. The van der Waals surface area contributed by atoms with E-state index in [1.54, 1.807) is 0 Å². The van der Waals surface area contributed by atoms with Crippen molar-refractivity contribution in [3.8, 4) is 0 Å². The van der Waals surface area contributed by atoms with Crippen molar-refractivity contribution in [3.05, 3.63) is 70.7 Å². The highest BCUT2D eigenvalue weighted by molar-refractivity contribution is 6.30. The predicted molar refractivity (Wildman–Crippen MR) is 82.6 cm³/mol. The quantitative estimate of drug-likeness (QED) is 0.838. The van der Waals surface area contributed by atoms with Crippen molar-refractivity contribution in [3.63, 3.8) is 0 Å². The summed E-state index contributed by atoms with van der Waals surface area (Å²) in [6, 6.07) is 19.3.